The fourth-order valence-corrected chi connectivity index (χ4v) is 4.07. The maximum atomic E-state index is 12.5. The maximum Gasteiger partial charge on any atom is 0.234 e. The zero-order valence-corrected chi connectivity index (χ0v) is 19.7. The zero-order chi connectivity index (χ0) is 23.4. The molecule has 0 unspecified atom stereocenters. The number of pyridine rings is 1. The van der Waals surface area contributed by atoms with Crippen LogP contribution in [0.1, 0.15) is 17.3 Å². The number of benzene rings is 2. The van der Waals surface area contributed by atoms with Crippen molar-refractivity contribution in [3.05, 3.63) is 82.6 Å². The number of thioether (sulfide) groups is 1. The third kappa shape index (κ3) is 5.42. The highest BCUT2D eigenvalue weighted by Crippen LogP contribution is 2.31. The fourth-order valence-electron chi connectivity index (χ4n) is 3.02. The first kappa shape index (κ1) is 23.0. The molecule has 0 saturated carbocycles. The lowest BCUT2D eigenvalue weighted by molar-refractivity contribution is -0.113. The molecule has 33 heavy (non-hydrogen) atoms. The van der Waals surface area contributed by atoms with Gasteiger partial charge < -0.3 is 5.32 Å². The van der Waals surface area contributed by atoms with Gasteiger partial charge in [0.1, 0.15) is 0 Å². The minimum absolute atomic E-state index is 0.0323. The van der Waals surface area contributed by atoms with Gasteiger partial charge in [-0.15, -0.1) is 10.2 Å². The average molecular weight is 498 g/mol. The summed E-state index contributed by atoms with van der Waals surface area (Å²) in [6, 6.07) is 15.6. The highest BCUT2D eigenvalue weighted by atomic mass is 35.5. The highest BCUT2D eigenvalue weighted by molar-refractivity contribution is 7.99. The minimum atomic E-state index is -0.218. The lowest BCUT2D eigenvalue weighted by atomic mass is 10.1. The molecule has 0 radical (unpaired) electrons. The molecule has 1 N–H and O–H groups in total. The van der Waals surface area contributed by atoms with E-state index in [4.69, 9.17) is 23.2 Å². The number of hydrogen-bond donors (Lipinski definition) is 1. The van der Waals surface area contributed by atoms with Crippen LogP contribution in [-0.4, -0.2) is 37.2 Å². The number of nitrogens with one attached hydrogen (secondary N) is 1. The van der Waals surface area contributed by atoms with Crippen LogP contribution in [0.5, 0.6) is 0 Å². The molecule has 166 valence electrons. The van der Waals surface area contributed by atoms with E-state index < -0.39 is 0 Å². The van der Waals surface area contributed by atoms with Gasteiger partial charge in [0.2, 0.25) is 5.91 Å². The van der Waals surface area contributed by atoms with Crippen LogP contribution in [0.25, 0.3) is 17.1 Å². The van der Waals surface area contributed by atoms with Crippen molar-refractivity contribution in [2.24, 2.45) is 0 Å². The summed E-state index contributed by atoms with van der Waals surface area (Å²) in [6.07, 6.45) is 3.33. The molecule has 4 aromatic rings. The topological polar surface area (TPSA) is 89.8 Å². The van der Waals surface area contributed by atoms with Crippen LogP contribution < -0.4 is 5.32 Å². The third-order valence-corrected chi connectivity index (χ3v) is 6.31. The largest absolute Gasteiger partial charge is 0.325 e. The van der Waals surface area contributed by atoms with Crippen molar-refractivity contribution in [1.82, 2.24) is 19.7 Å². The number of aromatic nitrogens is 4. The molecule has 4 rings (SSSR count). The molecular formula is C23H17Cl2N5O2S. The standard InChI is InChI=1S/C23H17Cl2N5O2S/c1-14(31)15-2-4-17(5-3-15)27-21(32)13-33-23-29-28-22(16-8-10-26-11-9-16)30(23)18-6-7-19(24)20(25)12-18/h2-12H,13H2,1H3,(H,27,32). The summed E-state index contributed by atoms with van der Waals surface area (Å²) >= 11 is 13.6. The predicted octanol–water partition coefficient (Wildman–Crippen LogP) is 5.57. The number of nitrogens with zero attached hydrogens (tertiary/aromatic N) is 4. The van der Waals surface area contributed by atoms with Crippen molar-refractivity contribution in [2.75, 3.05) is 11.1 Å². The summed E-state index contributed by atoms with van der Waals surface area (Å²) in [6.45, 7) is 1.49. The molecule has 1 amide bonds. The van der Waals surface area contributed by atoms with E-state index in [1.54, 1.807) is 48.8 Å². The van der Waals surface area contributed by atoms with Gasteiger partial charge in [0.15, 0.2) is 16.8 Å². The van der Waals surface area contributed by atoms with E-state index in [1.807, 2.05) is 22.8 Å². The minimum Gasteiger partial charge on any atom is -0.325 e. The van der Waals surface area contributed by atoms with Crippen LogP contribution in [0.2, 0.25) is 10.0 Å². The first-order valence-corrected chi connectivity index (χ1v) is 11.5. The van der Waals surface area contributed by atoms with E-state index in [0.29, 0.717) is 38.0 Å². The molecule has 0 fully saturated rings. The number of ketones is 1. The molecule has 2 aromatic carbocycles. The molecule has 0 spiro atoms. The molecule has 0 atom stereocenters. The molecular weight excluding hydrogens is 481 g/mol. The van der Waals surface area contributed by atoms with Crippen molar-refractivity contribution in [3.8, 4) is 17.1 Å². The molecule has 2 aromatic heterocycles. The summed E-state index contributed by atoms with van der Waals surface area (Å²) in [5, 5.41) is 12.8. The quantitative estimate of drug-likeness (QED) is 0.265. The second-order valence-corrected chi connectivity index (χ2v) is 8.70. The molecule has 10 heteroatoms. The van der Waals surface area contributed by atoms with Crippen LogP contribution >= 0.6 is 35.0 Å². The van der Waals surface area contributed by atoms with E-state index in [-0.39, 0.29) is 17.4 Å². The molecule has 0 bridgehead atoms. The summed E-state index contributed by atoms with van der Waals surface area (Å²) in [7, 11) is 0. The number of Topliss-reactive ketones (excluding diaryl/α,β-unsaturated/α-hetero) is 1. The first-order valence-electron chi connectivity index (χ1n) is 9.77. The molecule has 2 heterocycles. The van der Waals surface area contributed by atoms with Crippen LogP contribution in [0.15, 0.2) is 72.1 Å². The lowest BCUT2D eigenvalue weighted by Crippen LogP contribution is -2.14. The van der Waals surface area contributed by atoms with Gasteiger partial charge in [-0.1, -0.05) is 35.0 Å². The molecule has 0 saturated heterocycles. The highest BCUT2D eigenvalue weighted by Gasteiger charge is 2.18. The number of amides is 1. The Bertz CT molecular complexity index is 1310. The van der Waals surface area contributed by atoms with Gasteiger partial charge in [-0.3, -0.25) is 19.1 Å². The van der Waals surface area contributed by atoms with Crippen LogP contribution in [0.4, 0.5) is 5.69 Å². The SMILES string of the molecule is CC(=O)c1ccc(NC(=O)CSc2nnc(-c3ccncc3)n2-c2ccc(Cl)c(Cl)c2)cc1. The van der Waals surface area contributed by atoms with Crippen molar-refractivity contribution in [3.63, 3.8) is 0 Å². The van der Waals surface area contributed by atoms with Crippen molar-refractivity contribution >= 4 is 52.3 Å². The van der Waals surface area contributed by atoms with Gasteiger partial charge in [-0.25, -0.2) is 0 Å². The summed E-state index contributed by atoms with van der Waals surface area (Å²) in [5.74, 6) is 0.433. The van der Waals surface area contributed by atoms with Gasteiger partial charge in [0, 0.05) is 29.2 Å². The molecule has 0 aliphatic rings. The Balaban J connectivity index is 1.57. The van der Waals surface area contributed by atoms with E-state index in [0.717, 1.165) is 5.56 Å². The van der Waals surface area contributed by atoms with Gasteiger partial charge in [0.25, 0.3) is 0 Å². The fraction of sp³-hybridized carbons (Fsp3) is 0.0870. The Morgan fingerprint density at radius 3 is 2.36 bits per heavy atom. The van der Waals surface area contributed by atoms with E-state index in [9.17, 15) is 9.59 Å². The Morgan fingerprint density at radius 2 is 1.70 bits per heavy atom. The van der Waals surface area contributed by atoms with Gasteiger partial charge >= 0.3 is 0 Å². The number of hydrogen-bond acceptors (Lipinski definition) is 6. The number of halogens is 2. The van der Waals surface area contributed by atoms with Crippen molar-refractivity contribution in [2.45, 2.75) is 12.1 Å². The van der Waals surface area contributed by atoms with Gasteiger partial charge in [0.05, 0.1) is 21.5 Å². The predicted molar refractivity (Wildman–Crippen MR) is 130 cm³/mol. The Labute approximate surface area is 204 Å². The number of carbonyl (C=O) groups excluding carboxylic acids is 2. The summed E-state index contributed by atoms with van der Waals surface area (Å²) < 4.78 is 1.82. The van der Waals surface area contributed by atoms with E-state index in [1.165, 1.54) is 18.7 Å². The Kier molecular flexibility index (Phi) is 7.08. The van der Waals surface area contributed by atoms with Gasteiger partial charge in [-0.2, -0.15) is 0 Å². The van der Waals surface area contributed by atoms with Crippen LogP contribution in [0.3, 0.4) is 0 Å². The van der Waals surface area contributed by atoms with E-state index >= 15 is 0 Å². The molecule has 7 nitrogen and oxygen atoms in total. The van der Waals surface area contributed by atoms with Crippen molar-refractivity contribution < 1.29 is 9.59 Å². The smallest absolute Gasteiger partial charge is 0.234 e. The number of rotatable bonds is 7. The monoisotopic (exact) mass is 497 g/mol. The maximum absolute atomic E-state index is 12.5. The van der Waals surface area contributed by atoms with Crippen LogP contribution in [0, 0.1) is 0 Å². The van der Waals surface area contributed by atoms with E-state index in [2.05, 4.69) is 20.5 Å². The second-order valence-electron chi connectivity index (χ2n) is 6.95. The average Bonchev–Trinajstić information content (AvgIpc) is 3.24. The van der Waals surface area contributed by atoms with Gasteiger partial charge in [-0.05, 0) is 61.5 Å². The second kappa shape index (κ2) is 10.2. The molecule has 0 aliphatic heterocycles. The zero-order valence-electron chi connectivity index (χ0n) is 17.3. The number of anilines is 1. The normalized spacial score (nSPS) is 10.8. The lowest BCUT2D eigenvalue weighted by Gasteiger charge is -2.11. The third-order valence-electron chi connectivity index (χ3n) is 4.64. The van der Waals surface area contributed by atoms with Crippen LogP contribution in [-0.2, 0) is 4.79 Å². The Morgan fingerprint density at radius 1 is 0.970 bits per heavy atom. The summed E-state index contributed by atoms with van der Waals surface area (Å²) in [5.41, 5.74) is 2.71. The Hall–Kier alpha value is -3.20. The molecule has 0 aliphatic carbocycles. The first-order chi connectivity index (χ1) is 15.9. The summed E-state index contributed by atoms with van der Waals surface area (Å²) in [4.78, 5) is 28.0. The number of carbonyl (C=O) groups is 2. The van der Waals surface area contributed by atoms with Crippen molar-refractivity contribution in [1.29, 1.82) is 0 Å².